The maximum Gasteiger partial charge on any atom is 0.277 e. The molecule has 1 N–H and O–H groups in total. The van der Waals surface area contributed by atoms with Crippen LogP contribution >= 0.6 is 11.3 Å². The summed E-state index contributed by atoms with van der Waals surface area (Å²) < 4.78 is 1.86. The van der Waals surface area contributed by atoms with Gasteiger partial charge in [-0.25, -0.2) is 9.97 Å². The Labute approximate surface area is 141 Å². The van der Waals surface area contributed by atoms with Crippen LogP contribution in [0.1, 0.15) is 16.2 Å². The summed E-state index contributed by atoms with van der Waals surface area (Å²) in [5, 5.41) is 4.91. The second-order valence-electron chi connectivity index (χ2n) is 5.21. The van der Waals surface area contributed by atoms with Crippen molar-refractivity contribution in [3.63, 3.8) is 0 Å². The average Bonchev–Trinajstić information content (AvgIpc) is 3.23. The van der Waals surface area contributed by atoms with Gasteiger partial charge in [-0.1, -0.05) is 12.1 Å². The number of fused-ring (bicyclic) bond motifs is 1. The molecule has 0 saturated carbocycles. The molecule has 0 aliphatic carbocycles. The first kappa shape index (κ1) is 14.5. The average molecular weight is 335 g/mol. The number of carbonyl (C=O) groups is 1. The lowest BCUT2D eigenvalue weighted by Gasteiger charge is -2.06. The molecule has 0 fully saturated rings. The van der Waals surface area contributed by atoms with Crippen LogP contribution in [0, 0.1) is 6.92 Å². The standard InChI is InChI=1S/C17H13N5OS/c1-11-9-19-12(10-18-11)17(23)21-16-15(13-5-4-8-24-13)20-14-6-2-3-7-22(14)16/h2-10H,1H3,(H,21,23). The molecular formula is C17H13N5OS. The summed E-state index contributed by atoms with van der Waals surface area (Å²) in [7, 11) is 0. The zero-order chi connectivity index (χ0) is 16.5. The van der Waals surface area contributed by atoms with Crippen molar-refractivity contribution in [1.82, 2.24) is 19.4 Å². The van der Waals surface area contributed by atoms with Crippen molar-refractivity contribution in [2.24, 2.45) is 0 Å². The Kier molecular flexibility index (Phi) is 3.55. The van der Waals surface area contributed by atoms with E-state index in [0.29, 0.717) is 5.82 Å². The zero-order valence-electron chi connectivity index (χ0n) is 12.8. The van der Waals surface area contributed by atoms with Crippen LogP contribution in [0.3, 0.4) is 0 Å². The van der Waals surface area contributed by atoms with Gasteiger partial charge in [0, 0.05) is 12.4 Å². The molecular weight excluding hydrogens is 322 g/mol. The Morgan fingerprint density at radius 1 is 1.17 bits per heavy atom. The minimum atomic E-state index is -0.314. The van der Waals surface area contributed by atoms with E-state index < -0.39 is 0 Å². The molecule has 24 heavy (non-hydrogen) atoms. The number of thiophene rings is 1. The van der Waals surface area contributed by atoms with Crippen LogP contribution in [-0.2, 0) is 0 Å². The number of anilines is 1. The molecule has 0 aliphatic heterocycles. The van der Waals surface area contributed by atoms with E-state index in [1.807, 2.05) is 53.2 Å². The van der Waals surface area contributed by atoms with Crippen LogP contribution in [0.25, 0.3) is 16.2 Å². The molecule has 4 rings (SSSR count). The molecule has 0 bridgehead atoms. The van der Waals surface area contributed by atoms with Gasteiger partial charge in [0.1, 0.15) is 22.9 Å². The van der Waals surface area contributed by atoms with Gasteiger partial charge in [0.05, 0.1) is 16.8 Å². The van der Waals surface area contributed by atoms with Crippen molar-refractivity contribution in [2.45, 2.75) is 6.92 Å². The lowest BCUT2D eigenvalue weighted by atomic mass is 10.3. The molecule has 0 saturated heterocycles. The predicted octanol–water partition coefficient (Wildman–Crippen LogP) is 3.41. The molecule has 0 atom stereocenters. The third kappa shape index (κ3) is 2.55. The van der Waals surface area contributed by atoms with Crippen molar-refractivity contribution in [2.75, 3.05) is 5.32 Å². The maximum atomic E-state index is 12.5. The third-order valence-electron chi connectivity index (χ3n) is 3.53. The number of nitrogens with zero attached hydrogens (tertiary/aromatic N) is 4. The fourth-order valence-corrected chi connectivity index (χ4v) is 3.10. The third-order valence-corrected chi connectivity index (χ3v) is 4.41. The predicted molar refractivity (Wildman–Crippen MR) is 93.2 cm³/mol. The highest BCUT2D eigenvalue weighted by Gasteiger charge is 2.18. The van der Waals surface area contributed by atoms with Crippen LogP contribution in [0.4, 0.5) is 5.82 Å². The van der Waals surface area contributed by atoms with E-state index in [9.17, 15) is 4.79 Å². The largest absolute Gasteiger partial charge is 0.304 e. The minimum Gasteiger partial charge on any atom is -0.304 e. The summed E-state index contributed by atoms with van der Waals surface area (Å²) in [6, 6.07) is 9.65. The molecule has 0 aromatic carbocycles. The van der Waals surface area contributed by atoms with Crippen molar-refractivity contribution < 1.29 is 4.79 Å². The van der Waals surface area contributed by atoms with Crippen LogP contribution in [-0.4, -0.2) is 25.3 Å². The first-order valence-corrected chi connectivity index (χ1v) is 8.21. The lowest BCUT2D eigenvalue weighted by Crippen LogP contribution is -2.16. The normalized spacial score (nSPS) is 10.9. The molecule has 0 aliphatic rings. The van der Waals surface area contributed by atoms with Gasteiger partial charge in [-0.2, -0.15) is 0 Å². The van der Waals surface area contributed by atoms with Gasteiger partial charge in [0.25, 0.3) is 5.91 Å². The molecule has 118 valence electrons. The van der Waals surface area contributed by atoms with Crippen LogP contribution in [0.2, 0.25) is 0 Å². The summed E-state index contributed by atoms with van der Waals surface area (Å²) in [5.74, 6) is 0.311. The molecule has 4 heterocycles. The van der Waals surface area contributed by atoms with Crippen LogP contribution in [0.5, 0.6) is 0 Å². The number of aryl methyl sites for hydroxylation is 1. The minimum absolute atomic E-state index is 0.267. The van der Waals surface area contributed by atoms with Crippen LogP contribution in [0.15, 0.2) is 54.3 Å². The Bertz CT molecular complexity index is 1010. The summed E-state index contributed by atoms with van der Waals surface area (Å²) in [5.41, 5.74) is 2.54. The first-order chi connectivity index (χ1) is 11.7. The van der Waals surface area contributed by atoms with Gasteiger partial charge < -0.3 is 5.32 Å². The van der Waals surface area contributed by atoms with E-state index in [1.165, 1.54) is 6.20 Å². The van der Waals surface area contributed by atoms with Crippen molar-refractivity contribution in [3.05, 3.63) is 65.7 Å². The number of amides is 1. The van der Waals surface area contributed by atoms with Crippen LogP contribution < -0.4 is 5.32 Å². The number of carbonyl (C=O) groups excluding carboxylic acids is 1. The van der Waals surface area contributed by atoms with Gasteiger partial charge in [0.2, 0.25) is 0 Å². The van der Waals surface area contributed by atoms with Gasteiger partial charge in [-0.15, -0.1) is 11.3 Å². The number of hydrogen-bond donors (Lipinski definition) is 1. The Morgan fingerprint density at radius 2 is 2.08 bits per heavy atom. The quantitative estimate of drug-likeness (QED) is 0.623. The van der Waals surface area contributed by atoms with E-state index >= 15 is 0 Å². The Balaban J connectivity index is 1.79. The highest BCUT2D eigenvalue weighted by atomic mass is 32.1. The highest BCUT2D eigenvalue weighted by molar-refractivity contribution is 7.13. The number of aromatic nitrogens is 4. The van der Waals surface area contributed by atoms with E-state index in [0.717, 1.165) is 21.9 Å². The molecule has 0 unspecified atom stereocenters. The van der Waals surface area contributed by atoms with E-state index in [4.69, 9.17) is 0 Å². The molecule has 7 heteroatoms. The molecule has 6 nitrogen and oxygen atoms in total. The van der Waals surface area contributed by atoms with Gasteiger partial charge in [-0.3, -0.25) is 14.2 Å². The number of nitrogens with one attached hydrogen (secondary N) is 1. The maximum absolute atomic E-state index is 12.5. The summed E-state index contributed by atoms with van der Waals surface area (Å²) >= 11 is 1.58. The second kappa shape index (κ2) is 5.86. The number of imidazole rings is 1. The van der Waals surface area contributed by atoms with E-state index in [1.54, 1.807) is 17.5 Å². The lowest BCUT2D eigenvalue weighted by molar-refractivity contribution is 0.102. The van der Waals surface area contributed by atoms with E-state index in [2.05, 4.69) is 20.3 Å². The molecule has 4 aromatic heterocycles. The fourth-order valence-electron chi connectivity index (χ4n) is 2.38. The van der Waals surface area contributed by atoms with Crippen molar-refractivity contribution >= 4 is 28.7 Å². The summed E-state index contributed by atoms with van der Waals surface area (Å²) in [6.07, 6.45) is 4.91. The SMILES string of the molecule is Cc1cnc(C(=O)Nc2c(-c3cccs3)nc3ccccn23)cn1. The highest BCUT2D eigenvalue weighted by Crippen LogP contribution is 2.32. The summed E-state index contributed by atoms with van der Waals surface area (Å²) in [6.45, 7) is 1.83. The number of pyridine rings is 1. The Hall–Kier alpha value is -3.06. The smallest absolute Gasteiger partial charge is 0.277 e. The van der Waals surface area contributed by atoms with Gasteiger partial charge in [0.15, 0.2) is 0 Å². The zero-order valence-corrected chi connectivity index (χ0v) is 13.6. The van der Waals surface area contributed by atoms with Gasteiger partial charge >= 0.3 is 0 Å². The number of rotatable bonds is 3. The second-order valence-corrected chi connectivity index (χ2v) is 6.16. The molecule has 4 aromatic rings. The first-order valence-electron chi connectivity index (χ1n) is 7.33. The molecule has 1 amide bonds. The topological polar surface area (TPSA) is 72.2 Å². The molecule has 0 spiro atoms. The molecule has 0 radical (unpaired) electrons. The van der Waals surface area contributed by atoms with Crippen molar-refractivity contribution in [1.29, 1.82) is 0 Å². The van der Waals surface area contributed by atoms with Gasteiger partial charge in [-0.05, 0) is 30.5 Å². The number of hydrogen-bond acceptors (Lipinski definition) is 5. The van der Waals surface area contributed by atoms with Crippen molar-refractivity contribution in [3.8, 4) is 10.6 Å². The monoisotopic (exact) mass is 335 g/mol. The Morgan fingerprint density at radius 3 is 2.83 bits per heavy atom. The fraction of sp³-hybridized carbons (Fsp3) is 0.0588. The summed E-state index contributed by atoms with van der Waals surface area (Å²) in [4.78, 5) is 26.4. The van der Waals surface area contributed by atoms with E-state index in [-0.39, 0.29) is 11.6 Å².